The summed E-state index contributed by atoms with van der Waals surface area (Å²) in [5.41, 5.74) is 22.7. The molecule has 0 saturated carbocycles. The van der Waals surface area contributed by atoms with E-state index in [0.29, 0.717) is 17.8 Å². The molecular formula is C64H100N2. The van der Waals surface area contributed by atoms with Crippen molar-refractivity contribution in [3.63, 3.8) is 0 Å². The Bertz CT molecular complexity index is 1590. The van der Waals surface area contributed by atoms with Crippen LogP contribution >= 0.6 is 0 Å². The molecule has 0 radical (unpaired) electrons. The summed E-state index contributed by atoms with van der Waals surface area (Å²) in [4.78, 5) is 0. The molecule has 4 rings (SSSR count). The molecule has 4 N–H and O–H groups in total. The fraction of sp³-hybridized carbons (Fsp3) is 0.625. The van der Waals surface area contributed by atoms with E-state index in [1.54, 1.807) is 0 Å². The molecule has 2 heteroatoms. The summed E-state index contributed by atoms with van der Waals surface area (Å²) in [5, 5.41) is 0. The largest absolute Gasteiger partial charge is 0.399 e. The Morgan fingerprint density at radius 2 is 0.500 bits per heavy atom. The SMILES string of the molecule is CCCCCCCCCCCCC(c1ccc(N)cc1)c1ccc(CC(CCCCCCCCCCC)Cc2ccc(C(CCCCCCCCCCCC)c3ccc(N)cc3)cc2)cc1. The molecule has 366 valence electrons. The van der Waals surface area contributed by atoms with Gasteiger partial charge in [0.25, 0.3) is 0 Å². The monoisotopic (exact) mass is 897 g/mol. The second-order valence-corrected chi connectivity index (χ2v) is 20.8. The van der Waals surface area contributed by atoms with Gasteiger partial charge in [-0.1, -0.05) is 280 Å². The summed E-state index contributed by atoms with van der Waals surface area (Å²) in [7, 11) is 0. The van der Waals surface area contributed by atoms with Crippen LogP contribution in [-0.2, 0) is 12.8 Å². The third-order valence-electron chi connectivity index (χ3n) is 14.9. The van der Waals surface area contributed by atoms with Crippen molar-refractivity contribution in [1.82, 2.24) is 0 Å². The minimum Gasteiger partial charge on any atom is -0.399 e. The zero-order valence-corrected chi connectivity index (χ0v) is 43.2. The molecule has 0 spiro atoms. The Morgan fingerprint density at radius 1 is 0.273 bits per heavy atom. The van der Waals surface area contributed by atoms with Gasteiger partial charge >= 0.3 is 0 Å². The Balaban J connectivity index is 1.39. The molecule has 66 heavy (non-hydrogen) atoms. The van der Waals surface area contributed by atoms with E-state index in [0.717, 1.165) is 24.2 Å². The lowest BCUT2D eigenvalue weighted by molar-refractivity contribution is 0.444. The van der Waals surface area contributed by atoms with Crippen molar-refractivity contribution in [1.29, 1.82) is 0 Å². The van der Waals surface area contributed by atoms with Crippen molar-refractivity contribution in [3.05, 3.63) is 130 Å². The third kappa shape index (κ3) is 23.5. The summed E-state index contributed by atoms with van der Waals surface area (Å²) in [6.07, 6.45) is 46.0. The van der Waals surface area contributed by atoms with Gasteiger partial charge < -0.3 is 11.5 Å². The molecule has 0 aliphatic rings. The van der Waals surface area contributed by atoms with Gasteiger partial charge in [-0.3, -0.25) is 0 Å². The molecule has 4 aromatic carbocycles. The minimum atomic E-state index is 0.423. The summed E-state index contributed by atoms with van der Waals surface area (Å²) < 4.78 is 0. The lowest BCUT2D eigenvalue weighted by Gasteiger charge is -2.21. The zero-order valence-electron chi connectivity index (χ0n) is 43.2. The summed E-state index contributed by atoms with van der Waals surface area (Å²) in [6.45, 7) is 6.93. The van der Waals surface area contributed by atoms with E-state index in [2.05, 4.69) is 118 Å². The van der Waals surface area contributed by atoms with Crippen LogP contribution in [0.5, 0.6) is 0 Å². The van der Waals surface area contributed by atoms with E-state index in [9.17, 15) is 0 Å². The molecule has 0 fully saturated rings. The number of rotatable bonds is 40. The predicted octanol–water partition coefficient (Wildman–Crippen LogP) is 20.1. The number of hydrogen-bond acceptors (Lipinski definition) is 2. The highest BCUT2D eigenvalue weighted by atomic mass is 14.5. The van der Waals surface area contributed by atoms with E-state index in [-0.39, 0.29) is 0 Å². The maximum absolute atomic E-state index is 6.17. The molecule has 0 heterocycles. The molecule has 0 aliphatic heterocycles. The maximum Gasteiger partial charge on any atom is 0.0314 e. The van der Waals surface area contributed by atoms with Gasteiger partial charge in [-0.15, -0.1) is 0 Å². The standard InChI is InChI=1S/C64H100N2/c1-4-7-10-13-16-19-22-25-28-31-34-63(59-44-48-61(65)49-45-59)57-40-36-54(37-41-57)52-56(33-30-27-24-21-18-15-12-9-6-3)53-55-38-42-58(43-39-55)64(60-46-50-62(66)51-47-60)35-32-29-26-23-20-17-14-11-8-5-2/h36-51,56,63-64H,4-35,52-53,65-66H2,1-3H3. The van der Waals surface area contributed by atoms with Crippen LogP contribution in [0.1, 0.15) is 271 Å². The van der Waals surface area contributed by atoms with Crippen LogP contribution < -0.4 is 11.5 Å². The lowest BCUT2D eigenvalue weighted by Crippen LogP contribution is -2.10. The maximum atomic E-state index is 6.17. The molecular weight excluding hydrogens is 797 g/mol. The van der Waals surface area contributed by atoms with Gasteiger partial charge in [-0.25, -0.2) is 0 Å². The fourth-order valence-electron chi connectivity index (χ4n) is 10.6. The van der Waals surface area contributed by atoms with Crippen LogP contribution in [0.4, 0.5) is 11.4 Å². The number of hydrogen-bond donors (Lipinski definition) is 2. The highest BCUT2D eigenvalue weighted by Gasteiger charge is 2.18. The van der Waals surface area contributed by atoms with Crippen molar-refractivity contribution < 1.29 is 0 Å². The highest BCUT2D eigenvalue weighted by molar-refractivity contribution is 5.44. The Hall–Kier alpha value is -3.52. The van der Waals surface area contributed by atoms with Gasteiger partial charge in [-0.2, -0.15) is 0 Å². The van der Waals surface area contributed by atoms with Gasteiger partial charge in [0, 0.05) is 23.2 Å². The summed E-state index contributed by atoms with van der Waals surface area (Å²) in [5.74, 6) is 1.49. The molecule has 0 aliphatic carbocycles. The van der Waals surface area contributed by atoms with E-state index in [1.807, 2.05) is 0 Å². The average Bonchev–Trinajstić information content (AvgIpc) is 3.33. The van der Waals surface area contributed by atoms with Crippen LogP contribution in [0.2, 0.25) is 0 Å². The first kappa shape index (κ1) is 55.1. The van der Waals surface area contributed by atoms with Crippen molar-refractivity contribution >= 4 is 11.4 Å². The molecule has 0 amide bonds. The lowest BCUT2D eigenvalue weighted by atomic mass is 9.83. The van der Waals surface area contributed by atoms with Gasteiger partial charge in [0.1, 0.15) is 0 Å². The van der Waals surface area contributed by atoms with Crippen molar-refractivity contribution in [2.24, 2.45) is 5.92 Å². The normalized spacial score (nSPS) is 13.0. The van der Waals surface area contributed by atoms with Crippen molar-refractivity contribution in [2.75, 3.05) is 11.5 Å². The van der Waals surface area contributed by atoms with Crippen molar-refractivity contribution in [2.45, 2.75) is 251 Å². The van der Waals surface area contributed by atoms with Crippen LogP contribution in [0.3, 0.4) is 0 Å². The molecule has 4 aromatic rings. The predicted molar refractivity (Wildman–Crippen MR) is 294 cm³/mol. The highest BCUT2D eigenvalue weighted by Crippen LogP contribution is 2.34. The topological polar surface area (TPSA) is 52.0 Å². The molecule has 2 atom stereocenters. The number of nitrogen functional groups attached to an aromatic ring is 2. The quantitative estimate of drug-likeness (QED) is 0.0345. The Kier molecular flexibility index (Phi) is 29.7. The van der Waals surface area contributed by atoms with E-state index < -0.39 is 0 Å². The first-order chi connectivity index (χ1) is 32.5. The van der Waals surface area contributed by atoms with E-state index >= 15 is 0 Å². The fourth-order valence-corrected chi connectivity index (χ4v) is 10.6. The molecule has 0 bridgehead atoms. The van der Waals surface area contributed by atoms with Gasteiger partial charge in [0.05, 0.1) is 0 Å². The zero-order chi connectivity index (χ0) is 46.7. The van der Waals surface area contributed by atoms with Crippen LogP contribution in [0, 0.1) is 5.92 Å². The van der Waals surface area contributed by atoms with Crippen molar-refractivity contribution in [3.8, 4) is 0 Å². The summed E-state index contributed by atoms with van der Waals surface area (Å²) in [6, 6.07) is 37.2. The average molecular weight is 898 g/mol. The molecule has 0 saturated heterocycles. The second-order valence-electron chi connectivity index (χ2n) is 20.8. The Labute approximate surface area is 408 Å². The first-order valence-corrected chi connectivity index (χ1v) is 28.4. The third-order valence-corrected chi connectivity index (χ3v) is 14.9. The number of benzene rings is 4. The van der Waals surface area contributed by atoms with Gasteiger partial charge in [-0.05, 0) is 95.7 Å². The number of nitrogens with two attached hydrogens (primary N) is 2. The van der Waals surface area contributed by atoms with Crippen LogP contribution in [0.15, 0.2) is 97.1 Å². The minimum absolute atomic E-state index is 0.423. The van der Waals surface area contributed by atoms with E-state index in [1.165, 1.54) is 239 Å². The van der Waals surface area contributed by atoms with Crippen LogP contribution in [-0.4, -0.2) is 0 Å². The molecule has 2 nitrogen and oxygen atoms in total. The second kappa shape index (κ2) is 35.6. The van der Waals surface area contributed by atoms with Crippen LogP contribution in [0.25, 0.3) is 0 Å². The number of unbranched alkanes of at least 4 members (excludes halogenated alkanes) is 26. The molecule has 2 unspecified atom stereocenters. The van der Waals surface area contributed by atoms with Gasteiger partial charge in [0.2, 0.25) is 0 Å². The molecule has 0 aromatic heterocycles. The first-order valence-electron chi connectivity index (χ1n) is 28.4. The number of anilines is 2. The van der Waals surface area contributed by atoms with Gasteiger partial charge in [0.15, 0.2) is 0 Å². The van der Waals surface area contributed by atoms with E-state index in [4.69, 9.17) is 11.5 Å². The Morgan fingerprint density at radius 3 is 0.773 bits per heavy atom. The summed E-state index contributed by atoms with van der Waals surface area (Å²) >= 11 is 0. The smallest absolute Gasteiger partial charge is 0.0314 e.